The van der Waals surface area contributed by atoms with Crippen LogP contribution in [0.5, 0.6) is 0 Å². The van der Waals surface area contributed by atoms with E-state index in [0.29, 0.717) is 35.7 Å². The molecule has 1 aliphatic rings. The van der Waals surface area contributed by atoms with Crippen molar-refractivity contribution >= 4 is 11.9 Å². The molecule has 1 fully saturated rings. The number of rotatable bonds is 7. The van der Waals surface area contributed by atoms with Crippen molar-refractivity contribution in [2.45, 2.75) is 52.9 Å². The number of hydrogen-bond donors (Lipinski definition) is 2. The third kappa shape index (κ3) is 5.33. The second kappa shape index (κ2) is 9.61. The number of likely N-dealkylation sites (tertiary alicyclic amines) is 1. The maximum Gasteiger partial charge on any atom is 0.355 e. The van der Waals surface area contributed by atoms with Crippen molar-refractivity contribution in [2.75, 3.05) is 32.8 Å². The van der Waals surface area contributed by atoms with Crippen LogP contribution < -0.4 is 5.32 Å². The zero-order chi connectivity index (χ0) is 18.2. The number of aromatic nitrogens is 1. The summed E-state index contributed by atoms with van der Waals surface area (Å²) in [4.78, 5) is 29.9. The van der Waals surface area contributed by atoms with Crippen LogP contribution in [0.4, 0.5) is 0 Å². The molecule has 0 radical (unpaired) electrons. The number of hydrogen-bond acceptors (Lipinski definition) is 4. The summed E-state index contributed by atoms with van der Waals surface area (Å²) in [5.41, 5.74) is 2.28. The average Bonchev–Trinajstić information content (AvgIpc) is 2.76. The normalized spacial score (nSPS) is 15.6. The molecule has 0 aromatic carbocycles. The van der Waals surface area contributed by atoms with Gasteiger partial charge in [0.05, 0.1) is 12.2 Å². The lowest BCUT2D eigenvalue weighted by atomic mass is 10.1. The number of ether oxygens (including phenoxy) is 1. The Morgan fingerprint density at radius 1 is 1.16 bits per heavy atom. The lowest BCUT2D eigenvalue weighted by molar-refractivity contribution is 0.0519. The Morgan fingerprint density at radius 3 is 2.48 bits per heavy atom. The van der Waals surface area contributed by atoms with E-state index in [9.17, 15) is 9.59 Å². The summed E-state index contributed by atoms with van der Waals surface area (Å²) in [6.45, 7) is 9.69. The molecule has 0 aliphatic carbocycles. The number of aryl methyl sites for hydroxylation is 1. The molecule has 2 heterocycles. The minimum atomic E-state index is -0.414. The fourth-order valence-electron chi connectivity index (χ4n) is 3.45. The van der Waals surface area contributed by atoms with Gasteiger partial charge >= 0.3 is 5.97 Å². The van der Waals surface area contributed by atoms with E-state index in [1.807, 2.05) is 6.92 Å². The first-order valence-corrected chi connectivity index (χ1v) is 9.41. The molecule has 0 spiro atoms. The Balaban J connectivity index is 1.85. The Morgan fingerprint density at radius 2 is 1.84 bits per heavy atom. The first-order chi connectivity index (χ1) is 12.0. The van der Waals surface area contributed by atoms with Crippen molar-refractivity contribution in [1.29, 1.82) is 0 Å². The van der Waals surface area contributed by atoms with Gasteiger partial charge in [0.25, 0.3) is 5.91 Å². The van der Waals surface area contributed by atoms with E-state index in [-0.39, 0.29) is 5.91 Å². The van der Waals surface area contributed by atoms with Gasteiger partial charge in [0.1, 0.15) is 5.69 Å². The van der Waals surface area contributed by atoms with E-state index >= 15 is 0 Å². The van der Waals surface area contributed by atoms with Crippen LogP contribution in [0.1, 0.15) is 71.1 Å². The molecular weight excluding hydrogens is 318 g/mol. The van der Waals surface area contributed by atoms with E-state index in [4.69, 9.17) is 4.74 Å². The highest BCUT2D eigenvalue weighted by molar-refractivity contribution is 6.01. The predicted octanol–water partition coefficient (Wildman–Crippen LogP) is 2.80. The molecule has 1 aromatic rings. The minimum Gasteiger partial charge on any atom is -0.461 e. The van der Waals surface area contributed by atoms with Crippen LogP contribution in [-0.4, -0.2) is 54.5 Å². The molecule has 6 heteroatoms. The van der Waals surface area contributed by atoms with Crippen LogP contribution >= 0.6 is 0 Å². The predicted molar refractivity (Wildman–Crippen MR) is 98.1 cm³/mol. The first kappa shape index (κ1) is 19.5. The largest absolute Gasteiger partial charge is 0.461 e. The Bertz CT molecular complexity index is 587. The third-order valence-electron chi connectivity index (χ3n) is 4.78. The third-order valence-corrected chi connectivity index (χ3v) is 4.78. The summed E-state index contributed by atoms with van der Waals surface area (Å²) < 4.78 is 5.03. The molecule has 2 N–H and O–H groups in total. The number of H-pyrrole nitrogens is 1. The monoisotopic (exact) mass is 349 g/mol. The quantitative estimate of drug-likeness (QED) is 0.586. The zero-order valence-electron chi connectivity index (χ0n) is 15.7. The minimum absolute atomic E-state index is 0.127. The maximum absolute atomic E-state index is 12.5. The summed E-state index contributed by atoms with van der Waals surface area (Å²) in [5, 5.41) is 2.98. The van der Waals surface area contributed by atoms with E-state index in [1.165, 1.54) is 38.8 Å². The van der Waals surface area contributed by atoms with E-state index in [0.717, 1.165) is 13.0 Å². The van der Waals surface area contributed by atoms with Crippen molar-refractivity contribution in [3.63, 3.8) is 0 Å². The fraction of sp³-hybridized carbons (Fsp3) is 0.684. The van der Waals surface area contributed by atoms with Crippen LogP contribution in [0.15, 0.2) is 0 Å². The highest BCUT2D eigenvalue weighted by Crippen LogP contribution is 2.18. The molecule has 0 unspecified atom stereocenters. The van der Waals surface area contributed by atoms with Gasteiger partial charge < -0.3 is 19.9 Å². The number of nitrogens with zero attached hydrogens (tertiary/aromatic N) is 1. The number of nitrogens with one attached hydrogen (secondary N) is 2. The highest BCUT2D eigenvalue weighted by atomic mass is 16.5. The summed E-state index contributed by atoms with van der Waals surface area (Å²) in [7, 11) is 0. The van der Waals surface area contributed by atoms with Crippen LogP contribution in [0, 0.1) is 13.8 Å². The first-order valence-electron chi connectivity index (χ1n) is 9.41. The van der Waals surface area contributed by atoms with Gasteiger partial charge in [0, 0.05) is 12.2 Å². The number of carbonyl (C=O) groups is 2. The molecule has 6 nitrogen and oxygen atoms in total. The molecule has 0 atom stereocenters. The van der Waals surface area contributed by atoms with Gasteiger partial charge in [-0.1, -0.05) is 12.8 Å². The Hall–Kier alpha value is -1.82. The maximum atomic E-state index is 12.5. The summed E-state index contributed by atoms with van der Waals surface area (Å²) in [6, 6.07) is 0. The molecule has 2 rings (SSSR count). The van der Waals surface area contributed by atoms with Crippen molar-refractivity contribution in [3.8, 4) is 0 Å². The number of carbonyl (C=O) groups excluding carboxylic acids is 2. The van der Waals surface area contributed by atoms with Gasteiger partial charge in [-0.05, 0) is 65.2 Å². The van der Waals surface area contributed by atoms with Crippen molar-refractivity contribution < 1.29 is 14.3 Å². The molecule has 1 saturated heterocycles. The fourth-order valence-corrected chi connectivity index (χ4v) is 3.45. The molecule has 0 saturated carbocycles. The topological polar surface area (TPSA) is 74.4 Å². The SMILES string of the molecule is CCOC(=O)c1[nH]c(C)c(C(=O)NCCCN2CCCCCC2)c1C. The molecule has 140 valence electrons. The second-order valence-corrected chi connectivity index (χ2v) is 6.71. The Labute approximate surface area is 150 Å². The van der Waals surface area contributed by atoms with Crippen LogP contribution in [-0.2, 0) is 4.74 Å². The van der Waals surface area contributed by atoms with Crippen LogP contribution in [0.25, 0.3) is 0 Å². The van der Waals surface area contributed by atoms with Crippen molar-refractivity contribution in [2.24, 2.45) is 0 Å². The van der Waals surface area contributed by atoms with Gasteiger partial charge in [0.2, 0.25) is 0 Å². The standard InChI is InChI=1S/C19H31N3O3/c1-4-25-19(24)17-14(2)16(15(3)21-17)18(23)20-10-9-13-22-11-7-5-6-8-12-22/h21H,4-13H2,1-3H3,(H,20,23). The van der Waals surface area contributed by atoms with Crippen molar-refractivity contribution in [3.05, 3.63) is 22.5 Å². The molecule has 25 heavy (non-hydrogen) atoms. The number of esters is 1. The zero-order valence-corrected chi connectivity index (χ0v) is 15.7. The summed E-state index contributed by atoms with van der Waals surface area (Å²) in [5.74, 6) is -0.541. The van der Waals surface area contributed by atoms with E-state index in [2.05, 4.69) is 15.2 Å². The van der Waals surface area contributed by atoms with Gasteiger partial charge in [-0.2, -0.15) is 0 Å². The number of aromatic amines is 1. The van der Waals surface area contributed by atoms with Gasteiger partial charge in [0.15, 0.2) is 0 Å². The van der Waals surface area contributed by atoms with Crippen LogP contribution in [0.3, 0.4) is 0 Å². The molecule has 1 aliphatic heterocycles. The van der Waals surface area contributed by atoms with Crippen LogP contribution in [0.2, 0.25) is 0 Å². The molecular formula is C19H31N3O3. The van der Waals surface area contributed by atoms with E-state index < -0.39 is 5.97 Å². The molecule has 1 amide bonds. The number of amides is 1. The average molecular weight is 349 g/mol. The van der Waals surface area contributed by atoms with Gasteiger partial charge in [-0.3, -0.25) is 4.79 Å². The van der Waals surface area contributed by atoms with Crippen molar-refractivity contribution in [1.82, 2.24) is 15.2 Å². The molecule has 1 aromatic heterocycles. The summed E-state index contributed by atoms with van der Waals surface area (Å²) in [6.07, 6.45) is 6.18. The van der Waals surface area contributed by atoms with Gasteiger partial charge in [-0.15, -0.1) is 0 Å². The lowest BCUT2D eigenvalue weighted by Crippen LogP contribution is -2.31. The lowest BCUT2D eigenvalue weighted by Gasteiger charge is -2.19. The van der Waals surface area contributed by atoms with E-state index in [1.54, 1.807) is 13.8 Å². The second-order valence-electron chi connectivity index (χ2n) is 6.71. The Kier molecular flexibility index (Phi) is 7.50. The highest BCUT2D eigenvalue weighted by Gasteiger charge is 2.22. The molecule has 0 bridgehead atoms. The smallest absolute Gasteiger partial charge is 0.355 e. The van der Waals surface area contributed by atoms with Gasteiger partial charge in [-0.25, -0.2) is 4.79 Å². The summed E-state index contributed by atoms with van der Waals surface area (Å²) >= 11 is 0.